The number of nitrogens with zero attached hydrogens (tertiary/aromatic N) is 1. The van der Waals surface area contributed by atoms with Gasteiger partial charge in [-0.2, -0.15) is 11.8 Å². The molecule has 0 spiro atoms. The number of carbonyl (C=O) groups excluding carboxylic acids is 2. The fourth-order valence-corrected chi connectivity index (χ4v) is 6.93. The Morgan fingerprint density at radius 1 is 1.00 bits per heavy atom. The molecule has 5 rings (SSSR count). The first-order valence-corrected chi connectivity index (χ1v) is 17.1. The number of amides is 2. The van der Waals surface area contributed by atoms with Crippen molar-refractivity contribution in [2.75, 3.05) is 37.9 Å². The number of aryl methyl sites for hydroxylation is 1. The van der Waals surface area contributed by atoms with Crippen LogP contribution in [0.15, 0.2) is 30.5 Å². The van der Waals surface area contributed by atoms with Crippen molar-refractivity contribution < 1.29 is 32.9 Å². The van der Waals surface area contributed by atoms with Crippen molar-refractivity contribution in [2.24, 2.45) is 5.92 Å². The Bertz CT molecular complexity index is 1250. The molecule has 1 aliphatic carbocycles. The molecule has 44 heavy (non-hydrogen) atoms. The molecule has 3 aliphatic rings. The van der Waals surface area contributed by atoms with Gasteiger partial charge >= 0.3 is 0 Å². The van der Waals surface area contributed by atoms with Crippen LogP contribution in [-0.4, -0.2) is 73.1 Å². The highest BCUT2D eigenvalue weighted by Gasteiger charge is 2.26. The van der Waals surface area contributed by atoms with E-state index in [1.165, 1.54) is 6.07 Å². The Labute approximate surface area is 263 Å². The molecule has 2 N–H and O–H groups in total. The lowest BCUT2D eigenvalue weighted by Gasteiger charge is -2.29. The van der Waals surface area contributed by atoms with Crippen molar-refractivity contribution in [3.05, 3.63) is 53.0 Å². The number of pyridine rings is 1. The van der Waals surface area contributed by atoms with E-state index in [0.29, 0.717) is 31.1 Å². The molecular weight excluding hydrogens is 585 g/mol. The maximum absolute atomic E-state index is 14.0. The fraction of sp³-hybridized carbons (Fsp3) is 0.606. The van der Waals surface area contributed by atoms with Gasteiger partial charge in [-0.3, -0.25) is 9.59 Å². The molecule has 1 aromatic carbocycles. The third-order valence-electron chi connectivity index (χ3n) is 8.40. The number of carbonyl (C=O) groups is 2. The molecule has 240 valence electrons. The minimum Gasteiger partial charge on any atom is -0.490 e. The van der Waals surface area contributed by atoms with E-state index >= 15 is 0 Å². The number of rotatable bonds is 12. The van der Waals surface area contributed by atoms with Crippen molar-refractivity contribution in [2.45, 2.75) is 83.1 Å². The average molecular weight is 630 g/mol. The van der Waals surface area contributed by atoms with Crippen LogP contribution < -0.4 is 20.1 Å². The second kappa shape index (κ2) is 16.4. The molecule has 0 bridgehead atoms. The standard InChI is InChI=1S/C33H44FN3O6S/c1-22-5-10-29(40-14-15-42-30-4-2-3-13-41-30)27(18-22)32(39)37-25-8-6-23(7-9-25)20-35-31(38)28-19-24(34)21-36-33(28)43-26-11-16-44-17-12-26/h5,10,18-19,21,23,25-26,30H,2-4,6-9,11-17,20H2,1H3,(H,35,38)(H,37,39). The summed E-state index contributed by atoms with van der Waals surface area (Å²) >= 11 is 1.88. The predicted molar refractivity (Wildman–Crippen MR) is 167 cm³/mol. The van der Waals surface area contributed by atoms with Crippen LogP contribution in [0.25, 0.3) is 0 Å². The zero-order valence-corrected chi connectivity index (χ0v) is 26.3. The number of nitrogens with one attached hydrogen (secondary N) is 2. The summed E-state index contributed by atoms with van der Waals surface area (Å²) < 4.78 is 37.3. The van der Waals surface area contributed by atoms with E-state index in [1.807, 2.05) is 36.9 Å². The molecule has 2 saturated heterocycles. The van der Waals surface area contributed by atoms with E-state index in [0.717, 1.165) is 87.7 Å². The summed E-state index contributed by atoms with van der Waals surface area (Å²) in [5, 5.41) is 6.15. The zero-order valence-electron chi connectivity index (χ0n) is 25.5. The lowest BCUT2D eigenvalue weighted by molar-refractivity contribution is -0.165. The van der Waals surface area contributed by atoms with Crippen molar-refractivity contribution in [1.29, 1.82) is 0 Å². The summed E-state index contributed by atoms with van der Waals surface area (Å²) in [5.74, 6) is 1.90. The molecule has 3 fully saturated rings. The van der Waals surface area contributed by atoms with Gasteiger partial charge in [-0.05, 0) is 100 Å². The molecule has 11 heteroatoms. The monoisotopic (exact) mass is 629 g/mol. The van der Waals surface area contributed by atoms with E-state index in [2.05, 4.69) is 15.6 Å². The van der Waals surface area contributed by atoms with Gasteiger partial charge in [0, 0.05) is 19.2 Å². The molecule has 9 nitrogen and oxygen atoms in total. The van der Waals surface area contributed by atoms with Crippen LogP contribution in [0.4, 0.5) is 4.39 Å². The maximum atomic E-state index is 14.0. The third-order valence-corrected chi connectivity index (χ3v) is 9.45. The Morgan fingerprint density at radius 2 is 1.82 bits per heavy atom. The maximum Gasteiger partial charge on any atom is 0.256 e. The van der Waals surface area contributed by atoms with Gasteiger partial charge in [0.05, 0.1) is 18.4 Å². The molecular formula is C33H44FN3O6S. The molecule has 1 atom stereocenters. The second-order valence-corrected chi connectivity index (χ2v) is 13.1. The van der Waals surface area contributed by atoms with Crippen LogP contribution in [0, 0.1) is 18.7 Å². The summed E-state index contributed by atoms with van der Waals surface area (Å²) in [4.78, 5) is 30.4. The van der Waals surface area contributed by atoms with Crippen molar-refractivity contribution in [3.8, 4) is 11.6 Å². The Morgan fingerprint density at radius 3 is 2.59 bits per heavy atom. The number of thioether (sulfide) groups is 1. The van der Waals surface area contributed by atoms with Gasteiger partial charge in [0.25, 0.3) is 11.8 Å². The normalized spacial score (nSPS) is 22.6. The highest BCUT2D eigenvalue weighted by Crippen LogP contribution is 2.27. The molecule has 2 aromatic rings. The van der Waals surface area contributed by atoms with Crippen molar-refractivity contribution >= 4 is 23.6 Å². The molecule has 1 saturated carbocycles. The summed E-state index contributed by atoms with van der Waals surface area (Å²) in [7, 11) is 0. The summed E-state index contributed by atoms with van der Waals surface area (Å²) in [6.07, 6.45) is 9.06. The fourth-order valence-electron chi connectivity index (χ4n) is 5.86. The number of hydrogen-bond donors (Lipinski definition) is 2. The smallest absolute Gasteiger partial charge is 0.256 e. The van der Waals surface area contributed by atoms with Gasteiger partial charge in [0.1, 0.15) is 29.8 Å². The van der Waals surface area contributed by atoms with Gasteiger partial charge in [-0.25, -0.2) is 9.37 Å². The molecule has 1 aromatic heterocycles. The lowest BCUT2D eigenvalue weighted by atomic mass is 9.85. The predicted octanol–water partition coefficient (Wildman–Crippen LogP) is 5.44. The van der Waals surface area contributed by atoms with Crippen LogP contribution >= 0.6 is 11.8 Å². The summed E-state index contributed by atoms with van der Waals surface area (Å²) in [6, 6.07) is 6.85. The first-order chi connectivity index (χ1) is 21.4. The molecule has 2 aliphatic heterocycles. The topological polar surface area (TPSA) is 108 Å². The highest BCUT2D eigenvalue weighted by atomic mass is 32.2. The largest absolute Gasteiger partial charge is 0.490 e. The number of hydrogen-bond acceptors (Lipinski definition) is 8. The summed E-state index contributed by atoms with van der Waals surface area (Å²) in [6.45, 7) is 3.88. The third kappa shape index (κ3) is 9.55. The Kier molecular flexibility index (Phi) is 12.1. The highest BCUT2D eigenvalue weighted by molar-refractivity contribution is 7.99. The van der Waals surface area contributed by atoms with Crippen molar-refractivity contribution in [3.63, 3.8) is 0 Å². The molecule has 3 heterocycles. The van der Waals surface area contributed by atoms with Gasteiger partial charge in [0.2, 0.25) is 5.88 Å². The van der Waals surface area contributed by atoms with E-state index in [4.69, 9.17) is 18.9 Å². The van der Waals surface area contributed by atoms with E-state index < -0.39 is 5.82 Å². The number of aromatic nitrogens is 1. The van der Waals surface area contributed by atoms with Crippen LogP contribution in [0.5, 0.6) is 11.6 Å². The van der Waals surface area contributed by atoms with E-state index in [1.54, 1.807) is 0 Å². The average Bonchev–Trinajstić information content (AvgIpc) is 3.05. The minimum absolute atomic E-state index is 0.0101. The first kappa shape index (κ1) is 32.5. The van der Waals surface area contributed by atoms with E-state index in [9.17, 15) is 14.0 Å². The minimum atomic E-state index is -0.567. The lowest BCUT2D eigenvalue weighted by Crippen LogP contribution is -2.40. The Balaban J connectivity index is 1.06. The van der Waals surface area contributed by atoms with Gasteiger partial charge < -0.3 is 29.6 Å². The number of benzene rings is 1. The molecule has 0 radical (unpaired) electrons. The quantitative estimate of drug-likeness (QED) is 0.299. The van der Waals surface area contributed by atoms with Gasteiger partial charge in [-0.1, -0.05) is 11.6 Å². The van der Waals surface area contributed by atoms with Crippen molar-refractivity contribution in [1.82, 2.24) is 15.6 Å². The zero-order chi connectivity index (χ0) is 30.7. The second-order valence-electron chi connectivity index (χ2n) is 11.9. The summed E-state index contributed by atoms with van der Waals surface area (Å²) in [5.41, 5.74) is 1.63. The number of halogens is 1. The molecule has 2 amide bonds. The van der Waals surface area contributed by atoms with Gasteiger partial charge in [-0.15, -0.1) is 0 Å². The van der Waals surface area contributed by atoms with Crippen LogP contribution in [0.1, 0.15) is 84.1 Å². The SMILES string of the molecule is Cc1ccc(OCCOC2CCCCO2)c(C(=O)NC2CCC(CNC(=O)c3cc(F)cnc3OC3CCSCC3)CC2)c1. The molecule has 1 unspecified atom stereocenters. The first-order valence-electron chi connectivity index (χ1n) is 15.9. The van der Waals surface area contributed by atoms with Crippen LogP contribution in [0.2, 0.25) is 0 Å². The Hall–Kier alpha value is -2.89. The van der Waals surface area contributed by atoms with E-state index in [-0.39, 0.29) is 47.6 Å². The number of ether oxygens (including phenoxy) is 4. The van der Waals surface area contributed by atoms with Crippen LogP contribution in [-0.2, 0) is 9.47 Å². The van der Waals surface area contributed by atoms with Crippen LogP contribution in [0.3, 0.4) is 0 Å². The van der Waals surface area contributed by atoms with Gasteiger partial charge in [0.15, 0.2) is 6.29 Å².